The van der Waals surface area contributed by atoms with E-state index in [0.717, 1.165) is 16.8 Å². The number of benzene rings is 2. The number of aromatic nitrogens is 1. The normalized spacial score (nSPS) is 15.6. The van der Waals surface area contributed by atoms with Crippen LogP contribution in [0.3, 0.4) is 0 Å². The van der Waals surface area contributed by atoms with Gasteiger partial charge in [-0.25, -0.2) is 4.98 Å². The number of fused-ring (bicyclic) bond motifs is 2. The van der Waals surface area contributed by atoms with Crippen molar-refractivity contribution < 1.29 is 13.9 Å². The first-order valence-corrected chi connectivity index (χ1v) is 10.3. The molecule has 0 aliphatic carbocycles. The fraction of sp³-hybridized carbons (Fsp3) is 0.174. The van der Waals surface area contributed by atoms with E-state index in [2.05, 4.69) is 4.98 Å². The van der Waals surface area contributed by atoms with E-state index < -0.39 is 6.04 Å². The maximum absolute atomic E-state index is 13.6. The number of carbonyl (C=O) groups excluding carboxylic acids is 1. The number of methoxy groups -OCH3 is 1. The van der Waals surface area contributed by atoms with Crippen LogP contribution >= 0.6 is 11.3 Å². The molecule has 30 heavy (non-hydrogen) atoms. The van der Waals surface area contributed by atoms with Crippen LogP contribution in [0.4, 0.5) is 5.13 Å². The number of amides is 1. The number of rotatable bonds is 3. The Hall–Kier alpha value is -3.45. The zero-order chi connectivity index (χ0) is 21.0. The van der Waals surface area contributed by atoms with Gasteiger partial charge in [0.05, 0.1) is 29.8 Å². The zero-order valence-electron chi connectivity index (χ0n) is 16.6. The fourth-order valence-corrected chi connectivity index (χ4v) is 4.69. The molecule has 7 heteroatoms. The number of hydrogen-bond acceptors (Lipinski definition) is 6. The lowest BCUT2D eigenvalue weighted by molar-refractivity contribution is 0.0971. The Morgan fingerprint density at radius 3 is 2.70 bits per heavy atom. The van der Waals surface area contributed by atoms with Crippen LogP contribution in [-0.4, -0.2) is 18.0 Å². The number of anilines is 1. The predicted octanol–water partition coefficient (Wildman–Crippen LogP) is 4.62. The van der Waals surface area contributed by atoms with Crippen molar-refractivity contribution in [1.29, 1.82) is 0 Å². The monoisotopic (exact) mass is 418 g/mol. The molecule has 0 saturated heterocycles. The van der Waals surface area contributed by atoms with Gasteiger partial charge in [0.15, 0.2) is 10.6 Å². The molecule has 2 aromatic carbocycles. The third-order valence-electron chi connectivity index (χ3n) is 5.25. The van der Waals surface area contributed by atoms with Crippen molar-refractivity contribution in [3.8, 4) is 5.75 Å². The standard InChI is InChI=1S/C23H18N2O4S/c1-12-7-8-17-16(9-12)20(26)18-19(14-5-4-6-15(10-14)28-3)25(22(27)21(18)29-17)23-24-13(2)11-30-23/h4-11,19H,1-3H3/t19-/m1/s1. The summed E-state index contributed by atoms with van der Waals surface area (Å²) in [6.07, 6.45) is 0. The van der Waals surface area contributed by atoms with Crippen molar-refractivity contribution in [2.75, 3.05) is 12.0 Å². The summed E-state index contributed by atoms with van der Waals surface area (Å²) in [6, 6.07) is 12.1. The lowest BCUT2D eigenvalue weighted by Gasteiger charge is -2.22. The molecular formula is C23H18N2O4S. The highest BCUT2D eigenvalue weighted by Gasteiger charge is 2.44. The average Bonchev–Trinajstić information content (AvgIpc) is 3.30. The SMILES string of the molecule is COc1cccc([C@@H]2c3c(oc4ccc(C)cc4c3=O)C(=O)N2c2nc(C)cs2)c1. The molecule has 0 spiro atoms. The minimum atomic E-state index is -0.644. The molecule has 150 valence electrons. The van der Waals surface area contributed by atoms with Crippen molar-refractivity contribution in [2.24, 2.45) is 0 Å². The van der Waals surface area contributed by atoms with Crippen molar-refractivity contribution in [1.82, 2.24) is 4.98 Å². The minimum Gasteiger partial charge on any atom is -0.497 e. The summed E-state index contributed by atoms with van der Waals surface area (Å²) in [5, 5.41) is 2.87. The highest BCUT2D eigenvalue weighted by molar-refractivity contribution is 7.14. The number of nitrogens with zero attached hydrogens (tertiary/aromatic N) is 2. The molecule has 1 aliphatic heterocycles. The first kappa shape index (κ1) is 18.6. The Morgan fingerprint density at radius 2 is 1.97 bits per heavy atom. The molecule has 0 N–H and O–H groups in total. The van der Waals surface area contributed by atoms with Crippen LogP contribution in [0.15, 0.2) is 57.1 Å². The molecular weight excluding hydrogens is 400 g/mol. The highest BCUT2D eigenvalue weighted by Crippen LogP contribution is 2.42. The maximum atomic E-state index is 13.6. The minimum absolute atomic E-state index is 0.0667. The summed E-state index contributed by atoms with van der Waals surface area (Å²) in [5.41, 5.74) is 3.05. The summed E-state index contributed by atoms with van der Waals surface area (Å²) in [6.45, 7) is 3.79. The average molecular weight is 418 g/mol. The van der Waals surface area contributed by atoms with Crippen LogP contribution in [0.2, 0.25) is 0 Å². The van der Waals surface area contributed by atoms with Crippen molar-refractivity contribution in [3.63, 3.8) is 0 Å². The molecule has 0 saturated carbocycles. The summed E-state index contributed by atoms with van der Waals surface area (Å²) < 4.78 is 11.3. The molecule has 1 aliphatic rings. The molecule has 0 unspecified atom stereocenters. The van der Waals surface area contributed by atoms with E-state index in [4.69, 9.17) is 9.15 Å². The summed E-state index contributed by atoms with van der Waals surface area (Å²) in [5.74, 6) is 0.341. The molecule has 2 aromatic heterocycles. The molecule has 0 bridgehead atoms. The van der Waals surface area contributed by atoms with Crippen LogP contribution in [0.25, 0.3) is 11.0 Å². The van der Waals surface area contributed by atoms with E-state index in [1.807, 2.05) is 49.6 Å². The van der Waals surface area contributed by atoms with Crippen LogP contribution in [0, 0.1) is 13.8 Å². The largest absolute Gasteiger partial charge is 0.497 e. The second kappa shape index (κ2) is 6.81. The van der Waals surface area contributed by atoms with Gasteiger partial charge in [-0.2, -0.15) is 0 Å². The zero-order valence-corrected chi connectivity index (χ0v) is 17.4. The quantitative estimate of drug-likeness (QED) is 0.485. The van der Waals surface area contributed by atoms with E-state index in [-0.39, 0.29) is 17.1 Å². The second-order valence-corrected chi connectivity index (χ2v) is 8.14. The van der Waals surface area contributed by atoms with Crippen LogP contribution < -0.4 is 15.1 Å². The van der Waals surface area contributed by atoms with Crippen LogP contribution in [0.1, 0.15) is 39.0 Å². The molecule has 0 radical (unpaired) electrons. The summed E-state index contributed by atoms with van der Waals surface area (Å²) in [4.78, 5) is 33.0. The molecule has 3 heterocycles. The first-order valence-electron chi connectivity index (χ1n) is 9.45. The Balaban J connectivity index is 1.83. The highest BCUT2D eigenvalue weighted by atomic mass is 32.1. The number of hydrogen-bond donors (Lipinski definition) is 0. The van der Waals surface area contributed by atoms with Gasteiger partial charge in [-0.15, -0.1) is 11.3 Å². The first-order chi connectivity index (χ1) is 14.5. The summed E-state index contributed by atoms with van der Waals surface area (Å²) in [7, 11) is 1.58. The molecule has 6 nitrogen and oxygen atoms in total. The van der Waals surface area contributed by atoms with Gasteiger partial charge < -0.3 is 9.15 Å². The van der Waals surface area contributed by atoms with E-state index in [9.17, 15) is 9.59 Å². The van der Waals surface area contributed by atoms with Gasteiger partial charge in [0.2, 0.25) is 5.76 Å². The summed E-state index contributed by atoms with van der Waals surface area (Å²) >= 11 is 1.36. The number of aryl methyl sites for hydroxylation is 2. The van der Waals surface area contributed by atoms with Gasteiger partial charge >= 0.3 is 0 Å². The third-order valence-corrected chi connectivity index (χ3v) is 6.21. The van der Waals surface area contributed by atoms with Gasteiger partial charge in [0.1, 0.15) is 11.3 Å². The topological polar surface area (TPSA) is 72.6 Å². The molecule has 1 atom stereocenters. The number of thiazole rings is 1. The van der Waals surface area contributed by atoms with Gasteiger partial charge in [-0.1, -0.05) is 23.8 Å². The van der Waals surface area contributed by atoms with Gasteiger partial charge in [0, 0.05) is 5.38 Å². The van der Waals surface area contributed by atoms with Gasteiger partial charge in [-0.3, -0.25) is 14.5 Å². The van der Waals surface area contributed by atoms with Gasteiger partial charge in [-0.05, 0) is 43.7 Å². The van der Waals surface area contributed by atoms with E-state index in [1.54, 1.807) is 24.1 Å². The van der Waals surface area contributed by atoms with E-state index >= 15 is 0 Å². The van der Waals surface area contributed by atoms with Crippen molar-refractivity contribution in [3.05, 3.63) is 86.2 Å². The van der Waals surface area contributed by atoms with Crippen molar-refractivity contribution >= 4 is 33.3 Å². The number of ether oxygens (including phenoxy) is 1. The number of carbonyl (C=O) groups is 1. The van der Waals surface area contributed by atoms with Crippen LogP contribution in [-0.2, 0) is 0 Å². The lowest BCUT2D eigenvalue weighted by atomic mass is 9.98. The molecule has 0 fully saturated rings. The Kier molecular flexibility index (Phi) is 4.22. The maximum Gasteiger partial charge on any atom is 0.297 e. The Morgan fingerprint density at radius 1 is 1.13 bits per heavy atom. The Bertz CT molecular complexity index is 1370. The van der Waals surface area contributed by atoms with E-state index in [1.165, 1.54) is 11.3 Å². The third kappa shape index (κ3) is 2.74. The smallest absolute Gasteiger partial charge is 0.297 e. The van der Waals surface area contributed by atoms with E-state index in [0.29, 0.717) is 27.4 Å². The molecule has 4 aromatic rings. The predicted molar refractivity (Wildman–Crippen MR) is 116 cm³/mol. The van der Waals surface area contributed by atoms with Crippen LogP contribution in [0.5, 0.6) is 5.75 Å². The van der Waals surface area contributed by atoms with Crippen molar-refractivity contribution in [2.45, 2.75) is 19.9 Å². The lowest BCUT2D eigenvalue weighted by Crippen LogP contribution is -2.29. The molecule has 5 rings (SSSR count). The second-order valence-electron chi connectivity index (χ2n) is 7.30. The Labute approximate surface area is 176 Å². The van der Waals surface area contributed by atoms with Gasteiger partial charge in [0.25, 0.3) is 5.91 Å². The fourth-order valence-electron chi connectivity index (χ4n) is 3.86. The molecule has 1 amide bonds.